The van der Waals surface area contributed by atoms with E-state index < -0.39 is 5.82 Å². The highest BCUT2D eigenvalue weighted by Crippen LogP contribution is 2.58. The Bertz CT molecular complexity index is 1210. The van der Waals surface area contributed by atoms with Crippen LogP contribution < -0.4 is 9.47 Å². The van der Waals surface area contributed by atoms with E-state index in [2.05, 4.69) is 11.9 Å². The molecule has 2 aliphatic heterocycles. The van der Waals surface area contributed by atoms with E-state index in [1.165, 1.54) is 7.11 Å². The quantitative estimate of drug-likeness (QED) is 0.508. The van der Waals surface area contributed by atoms with Gasteiger partial charge in [-0.1, -0.05) is 12.1 Å². The first-order valence-corrected chi connectivity index (χ1v) is 10.9. The van der Waals surface area contributed by atoms with Crippen LogP contribution in [0.1, 0.15) is 55.2 Å². The molecule has 4 heterocycles. The van der Waals surface area contributed by atoms with E-state index in [1.54, 1.807) is 34.9 Å². The molecular weight excluding hydrogens is 411 g/mol. The summed E-state index contributed by atoms with van der Waals surface area (Å²) in [7, 11) is 1.52. The van der Waals surface area contributed by atoms with Gasteiger partial charge in [-0.3, -0.25) is 4.79 Å². The Balaban J connectivity index is 1.56. The molecule has 3 aromatic rings. The number of carbonyl (C=O) groups is 1. The molecule has 1 aromatic carbocycles. The second-order valence-electron chi connectivity index (χ2n) is 9.49. The minimum absolute atomic E-state index is 0.0187. The average molecular weight is 438 g/mol. The van der Waals surface area contributed by atoms with Crippen molar-refractivity contribution in [3.8, 4) is 11.5 Å². The first kappa shape index (κ1) is 20.9. The molecule has 0 radical (unpaired) electrons. The number of halogens is 1. The zero-order chi connectivity index (χ0) is 22.7. The number of carbonyl (C=O) groups excluding carboxylic acids is 1. The van der Waals surface area contributed by atoms with Gasteiger partial charge in [0.25, 0.3) is 0 Å². The molecule has 7 heteroatoms. The number of nitrogens with zero attached hydrogens (tertiary/aromatic N) is 2. The number of benzene rings is 1. The molecule has 0 atom stereocenters. The number of rotatable bonds is 7. The number of para-hydroxylation sites is 1. The van der Waals surface area contributed by atoms with Gasteiger partial charge in [-0.05, 0) is 45.7 Å². The zero-order valence-electron chi connectivity index (χ0n) is 18.8. The fraction of sp³-hybridized carbons (Fsp3) is 0.440. The summed E-state index contributed by atoms with van der Waals surface area (Å²) in [6, 6.07) is 7.03. The highest BCUT2D eigenvalue weighted by molar-refractivity contribution is 6.00. The first-order chi connectivity index (χ1) is 15.2. The standard InChI is InChI=1S/C25H27FN2O4/c1-15(2)32-22-16(9-18(29)17-7-5-6-8-19(17)30-4)10-28-11-20(27-23(28)21(22)26)25-12-24(3,13-25)31-14-25/h5-8,10-11,15H,9,12-14H2,1-4H3. The molecule has 2 bridgehead atoms. The number of imidazole rings is 1. The molecule has 1 aliphatic carbocycles. The van der Waals surface area contributed by atoms with Gasteiger partial charge in [0.05, 0.1) is 36.7 Å². The van der Waals surface area contributed by atoms with Crippen molar-refractivity contribution in [2.24, 2.45) is 0 Å². The lowest BCUT2D eigenvalue weighted by Gasteiger charge is -2.41. The van der Waals surface area contributed by atoms with Crippen LogP contribution in [0.3, 0.4) is 0 Å². The summed E-state index contributed by atoms with van der Waals surface area (Å²) in [6.45, 7) is 6.36. The van der Waals surface area contributed by atoms with Crippen molar-refractivity contribution in [1.29, 1.82) is 0 Å². The van der Waals surface area contributed by atoms with Gasteiger partial charge in [0.2, 0.25) is 5.82 Å². The molecule has 0 spiro atoms. The van der Waals surface area contributed by atoms with Crippen molar-refractivity contribution >= 4 is 11.4 Å². The summed E-state index contributed by atoms with van der Waals surface area (Å²) in [5, 5.41) is 0. The van der Waals surface area contributed by atoms with Gasteiger partial charge in [0, 0.05) is 29.8 Å². The lowest BCUT2D eigenvalue weighted by atomic mass is 9.62. The summed E-state index contributed by atoms with van der Waals surface area (Å²) in [5.41, 5.74) is 1.72. The second kappa shape index (κ2) is 7.30. The van der Waals surface area contributed by atoms with Crippen molar-refractivity contribution in [2.75, 3.05) is 13.7 Å². The molecular formula is C25H27FN2O4. The van der Waals surface area contributed by atoms with Crippen LogP contribution in [0.25, 0.3) is 5.65 Å². The van der Waals surface area contributed by atoms with Gasteiger partial charge in [-0.2, -0.15) is 4.39 Å². The molecule has 2 saturated heterocycles. The van der Waals surface area contributed by atoms with E-state index >= 15 is 4.39 Å². The smallest absolute Gasteiger partial charge is 0.208 e. The molecule has 32 heavy (non-hydrogen) atoms. The molecule has 3 aliphatic rings. The number of Topliss-reactive ketones (excluding diaryl/α,β-unsaturated/α-hetero) is 1. The highest BCUT2D eigenvalue weighted by atomic mass is 19.1. The Hall–Kier alpha value is -2.93. The van der Waals surface area contributed by atoms with Crippen molar-refractivity contribution in [1.82, 2.24) is 9.38 Å². The van der Waals surface area contributed by atoms with E-state index in [0.717, 1.165) is 18.5 Å². The minimum Gasteiger partial charge on any atom is -0.496 e. The predicted octanol–water partition coefficient (Wildman–Crippen LogP) is 4.52. The van der Waals surface area contributed by atoms with Gasteiger partial charge >= 0.3 is 0 Å². The van der Waals surface area contributed by atoms with Crippen LogP contribution >= 0.6 is 0 Å². The van der Waals surface area contributed by atoms with Gasteiger partial charge in [-0.25, -0.2) is 4.98 Å². The average Bonchev–Trinajstić information content (AvgIpc) is 3.41. The Morgan fingerprint density at radius 2 is 2.03 bits per heavy atom. The molecule has 3 fully saturated rings. The Labute approximate surface area is 186 Å². The Morgan fingerprint density at radius 1 is 1.28 bits per heavy atom. The van der Waals surface area contributed by atoms with E-state index in [-0.39, 0.29) is 40.7 Å². The van der Waals surface area contributed by atoms with E-state index in [4.69, 9.17) is 14.2 Å². The molecule has 6 nitrogen and oxygen atoms in total. The SMILES string of the molecule is COc1ccccc1C(=O)Cc1cn2cc(C34COC(C)(C3)C4)nc2c(F)c1OC(C)C. The van der Waals surface area contributed by atoms with Crippen molar-refractivity contribution in [3.63, 3.8) is 0 Å². The largest absolute Gasteiger partial charge is 0.496 e. The summed E-state index contributed by atoms with van der Waals surface area (Å²) in [5.74, 6) is -0.157. The summed E-state index contributed by atoms with van der Waals surface area (Å²) in [4.78, 5) is 17.7. The summed E-state index contributed by atoms with van der Waals surface area (Å²) >= 11 is 0. The number of fused-ring (bicyclic) bond motifs is 2. The number of hydrogen-bond donors (Lipinski definition) is 0. The third kappa shape index (κ3) is 3.26. The lowest BCUT2D eigenvalue weighted by Crippen LogP contribution is -2.45. The number of pyridine rings is 1. The molecule has 1 saturated carbocycles. The topological polar surface area (TPSA) is 62.1 Å². The van der Waals surface area contributed by atoms with Crippen LogP contribution in [0.15, 0.2) is 36.7 Å². The molecule has 0 unspecified atom stereocenters. The monoisotopic (exact) mass is 438 g/mol. The van der Waals surface area contributed by atoms with Gasteiger partial charge in [0.15, 0.2) is 17.2 Å². The maximum Gasteiger partial charge on any atom is 0.208 e. The van der Waals surface area contributed by atoms with E-state index in [0.29, 0.717) is 23.5 Å². The number of hydrogen-bond acceptors (Lipinski definition) is 5. The molecule has 2 aromatic heterocycles. The maximum absolute atomic E-state index is 15.6. The fourth-order valence-electron chi connectivity index (χ4n) is 5.16. The normalized spacial score (nSPS) is 24.1. The highest BCUT2D eigenvalue weighted by Gasteiger charge is 2.61. The maximum atomic E-state index is 15.6. The van der Waals surface area contributed by atoms with Crippen LogP contribution in [-0.2, 0) is 16.6 Å². The Morgan fingerprint density at radius 3 is 2.69 bits per heavy atom. The Kier molecular flexibility index (Phi) is 4.78. The predicted molar refractivity (Wildman–Crippen MR) is 117 cm³/mol. The van der Waals surface area contributed by atoms with Crippen LogP contribution in [0.5, 0.6) is 11.5 Å². The van der Waals surface area contributed by atoms with Gasteiger partial charge in [0.1, 0.15) is 5.75 Å². The fourth-order valence-corrected chi connectivity index (χ4v) is 5.16. The number of ketones is 1. The zero-order valence-corrected chi connectivity index (χ0v) is 18.8. The molecule has 0 amide bonds. The van der Waals surface area contributed by atoms with E-state index in [1.807, 2.05) is 20.0 Å². The number of methoxy groups -OCH3 is 1. The third-order valence-corrected chi connectivity index (χ3v) is 6.49. The first-order valence-electron chi connectivity index (χ1n) is 10.9. The van der Waals surface area contributed by atoms with Crippen LogP contribution in [0.4, 0.5) is 4.39 Å². The second-order valence-corrected chi connectivity index (χ2v) is 9.49. The molecule has 0 N–H and O–H groups in total. The van der Waals surface area contributed by atoms with Crippen LogP contribution in [0.2, 0.25) is 0 Å². The minimum atomic E-state index is -0.548. The molecule has 6 rings (SSSR count). The van der Waals surface area contributed by atoms with E-state index in [9.17, 15) is 4.79 Å². The van der Waals surface area contributed by atoms with Gasteiger partial charge in [-0.15, -0.1) is 0 Å². The summed E-state index contributed by atoms with van der Waals surface area (Å²) in [6.07, 6.45) is 5.12. The van der Waals surface area contributed by atoms with Crippen LogP contribution in [0, 0.1) is 5.82 Å². The number of ether oxygens (including phenoxy) is 3. The van der Waals surface area contributed by atoms with Crippen molar-refractivity contribution in [3.05, 3.63) is 59.3 Å². The van der Waals surface area contributed by atoms with Gasteiger partial charge < -0.3 is 18.6 Å². The number of aromatic nitrogens is 2. The van der Waals surface area contributed by atoms with Crippen molar-refractivity contribution in [2.45, 2.75) is 57.2 Å². The third-order valence-electron chi connectivity index (χ3n) is 6.49. The summed E-state index contributed by atoms with van der Waals surface area (Å²) < 4.78 is 34.3. The lowest BCUT2D eigenvalue weighted by molar-refractivity contribution is 0.0154. The van der Waals surface area contributed by atoms with Crippen LogP contribution in [-0.4, -0.2) is 40.6 Å². The molecule has 168 valence electrons. The van der Waals surface area contributed by atoms with Crippen molar-refractivity contribution < 1.29 is 23.4 Å².